The van der Waals surface area contributed by atoms with E-state index < -0.39 is 5.60 Å². The molecule has 0 aliphatic carbocycles. The Morgan fingerprint density at radius 2 is 2.09 bits per heavy atom. The SMILES string of the molecule is CCOC[C@H]1CCCN1C(=O)c1ccc(C#CC(C)(C)O)cc1. The lowest BCUT2D eigenvalue weighted by Gasteiger charge is -2.24. The summed E-state index contributed by atoms with van der Waals surface area (Å²) >= 11 is 0. The van der Waals surface area contributed by atoms with Gasteiger partial charge in [0.25, 0.3) is 5.91 Å². The smallest absolute Gasteiger partial charge is 0.254 e. The fourth-order valence-corrected chi connectivity index (χ4v) is 2.62. The summed E-state index contributed by atoms with van der Waals surface area (Å²) in [5.74, 6) is 5.73. The number of ether oxygens (including phenoxy) is 1. The Morgan fingerprint density at radius 1 is 1.39 bits per heavy atom. The Labute approximate surface area is 138 Å². The summed E-state index contributed by atoms with van der Waals surface area (Å²) in [6.07, 6.45) is 2.03. The molecule has 1 aliphatic rings. The number of hydrogen-bond donors (Lipinski definition) is 1. The average molecular weight is 315 g/mol. The van der Waals surface area contributed by atoms with Gasteiger partial charge in [0.15, 0.2) is 0 Å². The number of amides is 1. The summed E-state index contributed by atoms with van der Waals surface area (Å²) in [5, 5.41) is 9.62. The van der Waals surface area contributed by atoms with Gasteiger partial charge in [-0.1, -0.05) is 11.8 Å². The van der Waals surface area contributed by atoms with Crippen molar-refractivity contribution in [2.24, 2.45) is 0 Å². The first-order chi connectivity index (χ1) is 10.9. The van der Waals surface area contributed by atoms with Crippen molar-refractivity contribution in [2.75, 3.05) is 19.8 Å². The molecule has 0 unspecified atom stereocenters. The predicted molar refractivity (Wildman–Crippen MR) is 90.2 cm³/mol. The van der Waals surface area contributed by atoms with Crippen LogP contribution in [0.25, 0.3) is 0 Å². The van der Waals surface area contributed by atoms with Crippen molar-refractivity contribution in [3.05, 3.63) is 35.4 Å². The molecule has 4 nitrogen and oxygen atoms in total. The van der Waals surface area contributed by atoms with Crippen LogP contribution in [-0.4, -0.2) is 47.3 Å². The summed E-state index contributed by atoms with van der Waals surface area (Å²) in [6.45, 7) is 7.32. The van der Waals surface area contributed by atoms with Crippen molar-refractivity contribution >= 4 is 5.91 Å². The van der Waals surface area contributed by atoms with Crippen LogP contribution in [0.5, 0.6) is 0 Å². The molecular formula is C19H25NO3. The monoisotopic (exact) mass is 315 g/mol. The van der Waals surface area contributed by atoms with E-state index in [0.29, 0.717) is 18.8 Å². The number of carbonyl (C=O) groups is 1. The lowest BCUT2D eigenvalue weighted by molar-refractivity contribution is 0.0564. The van der Waals surface area contributed by atoms with Gasteiger partial charge in [0.2, 0.25) is 0 Å². The van der Waals surface area contributed by atoms with Crippen LogP contribution in [0.15, 0.2) is 24.3 Å². The minimum atomic E-state index is -1.02. The van der Waals surface area contributed by atoms with Crippen LogP contribution >= 0.6 is 0 Å². The van der Waals surface area contributed by atoms with Gasteiger partial charge in [-0.15, -0.1) is 0 Å². The van der Waals surface area contributed by atoms with Crippen LogP contribution in [0, 0.1) is 11.8 Å². The van der Waals surface area contributed by atoms with E-state index in [1.807, 2.05) is 24.0 Å². The van der Waals surface area contributed by atoms with E-state index in [1.54, 1.807) is 26.0 Å². The molecule has 1 atom stereocenters. The van der Waals surface area contributed by atoms with Crippen molar-refractivity contribution < 1.29 is 14.6 Å². The third kappa shape index (κ3) is 5.09. The van der Waals surface area contributed by atoms with Gasteiger partial charge in [0, 0.05) is 24.3 Å². The van der Waals surface area contributed by atoms with Crippen LogP contribution in [-0.2, 0) is 4.74 Å². The maximum atomic E-state index is 12.6. The summed E-state index contributed by atoms with van der Waals surface area (Å²) in [5.41, 5.74) is 0.439. The first kappa shape index (κ1) is 17.5. The molecule has 2 rings (SSSR count). The van der Waals surface area contributed by atoms with Gasteiger partial charge >= 0.3 is 0 Å². The summed E-state index contributed by atoms with van der Waals surface area (Å²) in [4.78, 5) is 14.6. The molecule has 23 heavy (non-hydrogen) atoms. The predicted octanol–water partition coefficient (Wildman–Crippen LogP) is 2.45. The molecule has 0 radical (unpaired) electrons. The van der Waals surface area contributed by atoms with Gasteiger partial charge < -0.3 is 14.7 Å². The third-order valence-corrected chi connectivity index (χ3v) is 3.80. The van der Waals surface area contributed by atoms with Crippen LogP contribution in [0.2, 0.25) is 0 Å². The second kappa shape index (κ2) is 7.63. The highest BCUT2D eigenvalue weighted by atomic mass is 16.5. The maximum Gasteiger partial charge on any atom is 0.254 e. The van der Waals surface area contributed by atoms with Crippen molar-refractivity contribution in [3.8, 4) is 11.8 Å². The molecule has 4 heteroatoms. The standard InChI is InChI=1S/C19H25NO3/c1-4-23-14-17-6-5-13-20(17)18(21)16-9-7-15(8-10-16)11-12-19(2,3)22/h7-10,17,22H,4-6,13-14H2,1-3H3/t17-/m1/s1. The third-order valence-electron chi connectivity index (χ3n) is 3.80. The summed E-state index contributed by atoms with van der Waals surface area (Å²) < 4.78 is 5.48. The molecule has 1 amide bonds. The quantitative estimate of drug-likeness (QED) is 0.868. The molecule has 0 bridgehead atoms. The van der Waals surface area contributed by atoms with E-state index in [1.165, 1.54) is 0 Å². The molecule has 0 saturated carbocycles. The first-order valence-electron chi connectivity index (χ1n) is 8.15. The van der Waals surface area contributed by atoms with Crippen LogP contribution in [0.1, 0.15) is 49.5 Å². The number of rotatable bonds is 4. The Kier molecular flexibility index (Phi) is 5.81. The molecule has 1 heterocycles. The van der Waals surface area contributed by atoms with E-state index in [9.17, 15) is 9.90 Å². The van der Waals surface area contributed by atoms with Gasteiger partial charge in [-0.25, -0.2) is 0 Å². The van der Waals surface area contributed by atoms with E-state index in [0.717, 1.165) is 24.9 Å². The number of aliphatic hydroxyl groups is 1. The van der Waals surface area contributed by atoms with Crippen LogP contribution in [0.3, 0.4) is 0 Å². The molecule has 0 spiro atoms. The van der Waals surface area contributed by atoms with Crippen LogP contribution < -0.4 is 0 Å². The number of hydrogen-bond acceptors (Lipinski definition) is 3. The second-order valence-electron chi connectivity index (χ2n) is 6.34. The highest BCUT2D eigenvalue weighted by Crippen LogP contribution is 2.20. The lowest BCUT2D eigenvalue weighted by Crippen LogP contribution is -2.38. The highest BCUT2D eigenvalue weighted by molar-refractivity contribution is 5.94. The van der Waals surface area contributed by atoms with Crippen molar-refractivity contribution in [1.82, 2.24) is 4.90 Å². The Bertz CT molecular complexity index is 590. The number of nitrogens with zero attached hydrogens (tertiary/aromatic N) is 1. The van der Waals surface area contributed by atoms with E-state index in [-0.39, 0.29) is 11.9 Å². The molecule has 124 valence electrons. The summed E-state index contributed by atoms with van der Waals surface area (Å²) in [7, 11) is 0. The maximum absolute atomic E-state index is 12.6. The van der Waals surface area contributed by atoms with Gasteiger partial charge in [-0.2, -0.15) is 0 Å². The van der Waals surface area contributed by atoms with Gasteiger partial charge in [0.05, 0.1) is 12.6 Å². The fourth-order valence-electron chi connectivity index (χ4n) is 2.62. The fraction of sp³-hybridized carbons (Fsp3) is 0.526. The Hall–Kier alpha value is -1.83. The van der Waals surface area contributed by atoms with E-state index >= 15 is 0 Å². The molecular weight excluding hydrogens is 290 g/mol. The van der Waals surface area contributed by atoms with Crippen molar-refractivity contribution in [1.29, 1.82) is 0 Å². The molecule has 1 N–H and O–H groups in total. The zero-order valence-electron chi connectivity index (χ0n) is 14.1. The number of likely N-dealkylation sites (tertiary alicyclic amines) is 1. The molecule has 1 aromatic carbocycles. The van der Waals surface area contributed by atoms with Crippen LogP contribution in [0.4, 0.5) is 0 Å². The zero-order valence-corrected chi connectivity index (χ0v) is 14.1. The molecule has 1 saturated heterocycles. The molecule has 1 aliphatic heterocycles. The second-order valence-corrected chi connectivity index (χ2v) is 6.34. The normalized spacial score (nSPS) is 17.7. The van der Waals surface area contributed by atoms with E-state index in [4.69, 9.17) is 4.74 Å². The summed E-state index contributed by atoms with van der Waals surface area (Å²) in [6, 6.07) is 7.41. The molecule has 1 aromatic rings. The molecule has 1 fully saturated rings. The molecule has 0 aromatic heterocycles. The van der Waals surface area contributed by atoms with Gasteiger partial charge in [-0.3, -0.25) is 4.79 Å². The highest BCUT2D eigenvalue weighted by Gasteiger charge is 2.29. The zero-order chi connectivity index (χ0) is 16.9. The largest absolute Gasteiger partial charge is 0.380 e. The Morgan fingerprint density at radius 3 is 2.70 bits per heavy atom. The van der Waals surface area contributed by atoms with Gasteiger partial charge in [-0.05, 0) is 57.9 Å². The topological polar surface area (TPSA) is 49.8 Å². The Balaban J connectivity index is 2.06. The van der Waals surface area contributed by atoms with E-state index in [2.05, 4.69) is 11.8 Å². The number of carbonyl (C=O) groups excluding carboxylic acids is 1. The average Bonchev–Trinajstić information content (AvgIpc) is 2.98. The number of benzene rings is 1. The van der Waals surface area contributed by atoms with Crippen molar-refractivity contribution in [3.63, 3.8) is 0 Å². The van der Waals surface area contributed by atoms with Crippen molar-refractivity contribution in [2.45, 2.75) is 45.3 Å². The van der Waals surface area contributed by atoms with Gasteiger partial charge in [0.1, 0.15) is 5.60 Å². The minimum Gasteiger partial charge on any atom is -0.380 e. The lowest BCUT2D eigenvalue weighted by atomic mass is 10.1. The first-order valence-corrected chi connectivity index (χ1v) is 8.15. The minimum absolute atomic E-state index is 0.0502.